The Morgan fingerprint density at radius 1 is 1.33 bits per heavy atom. The monoisotopic (exact) mass is 244 g/mol. The number of nitrogens with zero attached hydrogens (tertiary/aromatic N) is 4. The Morgan fingerprint density at radius 3 is 2.56 bits per heavy atom. The van der Waals surface area contributed by atoms with E-state index >= 15 is 0 Å². The Hall–Kier alpha value is -1.63. The van der Waals surface area contributed by atoms with Crippen molar-refractivity contribution >= 4 is 5.95 Å². The molecule has 1 aromatic rings. The number of aromatic nitrogens is 2. The molecule has 1 aliphatic heterocycles. The van der Waals surface area contributed by atoms with Crippen molar-refractivity contribution in [1.29, 1.82) is 5.26 Å². The molecule has 0 spiro atoms. The molecule has 4 nitrogen and oxygen atoms in total. The summed E-state index contributed by atoms with van der Waals surface area (Å²) in [7, 11) is 0. The fraction of sp³-hybridized carbons (Fsp3) is 0.643. The summed E-state index contributed by atoms with van der Waals surface area (Å²) in [4.78, 5) is 11.1. The minimum Gasteiger partial charge on any atom is -0.341 e. The fourth-order valence-electron chi connectivity index (χ4n) is 2.16. The molecule has 96 valence electrons. The predicted octanol–water partition coefficient (Wildman–Crippen LogP) is 2.71. The second-order valence-electron chi connectivity index (χ2n) is 5.41. The standard InChI is InChI=1S/C14H20N4/c1-10(2)13-8-12(9-15)16-14(17-13)18-6-4-11(3)5-7-18/h8,10-11H,4-7H2,1-3H3. The molecule has 1 fully saturated rings. The maximum Gasteiger partial charge on any atom is 0.226 e. The molecule has 1 aliphatic rings. The fourth-order valence-corrected chi connectivity index (χ4v) is 2.16. The SMILES string of the molecule is CC1CCN(c2nc(C#N)cc(C(C)C)n2)CC1. The summed E-state index contributed by atoms with van der Waals surface area (Å²) in [5.41, 5.74) is 1.43. The smallest absolute Gasteiger partial charge is 0.226 e. The number of anilines is 1. The summed E-state index contributed by atoms with van der Waals surface area (Å²) in [5, 5.41) is 9.05. The third-order valence-corrected chi connectivity index (χ3v) is 3.51. The molecule has 0 bridgehead atoms. The normalized spacial score (nSPS) is 16.9. The van der Waals surface area contributed by atoms with E-state index in [4.69, 9.17) is 5.26 Å². The van der Waals surface area contributed by atoms with E-state index in [1.165, 1.54) is 12.8 Å². The van der Waals surface area contributed by atoms with Gasteiger partial charge in [-0.15, -0.1) is 0 Å². The zero-order valence-electron chi connectivity index (χ0n) is 11.3. The van der Waals surface area contributed by atoms with Crippen LogP contribution in [0.5, 0.6) is 0 Å². The largest absolute Gasteiger partial charge is 0.341 e. The van der Waals surface area contributed by atoms with Crippen LogP contribution in [-0.2, 0) is 0 Å². The van der Waals surface area contributed by atoms with Crippen molar-refractivity contribution in [3.8, 4) is 6.07 Å². The Kier molecular flexibility index (Phi) is 3.81. The van der Waals surface area contributed by atoms with Crippen LogP contribution in [0.1, 0.15) is 50.9 Å². The van der Waals surface area contributed by atoms with Crippen LogP contribution < -0.4 is 4.90 Å². The first-order valence-corrected chi connectivity index (χ1v) is 6.64. The molecule has 0 aromatic carbocycles. The quantitative estimate of drug-likeness (QED) is 0.802. The first-order valence-electron chi connectivity index (χ1n) is 6.64. The van der Waals surface area contributed by atoms with Gasteiger partial charge >= 0.3 is 0 Å². The topological polar surface area (TPSA) is 52.8 Å². The summed E-state index contributed by atoms with van der Waals surface area (Å²) in [5.74, 6) is 1.83. The number of nitriles is 1. The first-order chi connectivity index (χ1) is 8.60. The van der Waals surface area contributed by atoms with Gasteiger partial charge in [-0.1, -0.05) is 20.8 Å². The molecule has 2 rings (SSSR count). The maximum atomic E-state index is 9.05. The van der Waals surface area contributed by atoms with Crippen LogP contribution in [-0.4, -0.2) is 23.1 Å². The van der Waals surface area contributed by atoms with Gasteiger partial charge in [-0.05, 0) is 30.7 Å². The van der Waals surface area contributed by atoms with Crippen molar-refractivity contribution in [3.63, 3.8) is 0 Å². The molecular weight excluding hydrogens is 224 g/mol. The second-order valence-corrected chi connectivity index (χ2v) is 5.41. The lowest BCUT2D eigenvalue weighted by molar-refractivity contribution is 0.434. The van der Waals surface area contributed by atoms with Crippen LogP contribution in [0.4, 0.5) is 5.95 Å². The lowest BCUT2D eigenvalue weighted by Gasteiger charge is -2.30. The van der Waals surface area contributed by atoms with Gasteiger partial charge in [0, 0.05) is 18.8 Å². The van der Waals surface area contributed by atoms with Crippen molar-refractivity contribution in [2.45, 2.75) is 39.5 Å². The summed E-state index contributed by atoms with van der Waals surface area (Å²) < 4.78 is 0. The summed E-state index contributed by atoms with van der Waals surface area (Å²) >= 11 is 0. The van der Waals surface area contributed by atoms with E-state index in [2.05, 4.69) is 41.7 Å². The Labute approximate surface area is 109 Å². The van der Waals surface area contributed by atoms with E-state index in [0.29, 0.717) is 11.6 Å². The van der Waals surface area contributed by atoms with Crippen LogP contribution >= 0.6 is 0 Å². The van der Waals surface area contributed by atoms with Crippen LogP contribution in [0.15, 0.2) is 6.07 Å². The van der Waals surface area contributed by atoms with Gasteiger partial charge in [0.25, 0.3) is 0 Å². The number of piperidine rings is 1. The van der Waals surface area contributed by atoms with Crippen LogP contribution in [0.3, 0.4) is 0 Å². The van der Waals surface area contributed by atoms with Gasteiger partial charge in [-0.25, -0.2) is 9.97 Å². The van der Waals surface area contributed by atoms with Gasteiger partial charge in [0.05, 0.1) is 0 Å². The highest BCUT2D eigenvalue weighted by atomic mass is 15.3. The molecule has 0 radical (unpaired) electrons. The van der Waals surface area contributed by atoms with Gasteiger partial charge in [0.1, 0.15) is 11.8 Å². The second kappa shape index (κ2) is 5.34. The minimum atomic E-state index is 0.322. The molecule has 0 amide bonds. The minimum absolute atomic E-state index is 0.322. The Morgan fingerprint density at radius 2 is 2.00 bits per heavy atom. The highest BCUT2D eigenvalue weighted by Gasteiger charge is 2.19. The van der Waals surface area contributed by atoms with Gasteiger partial charge in [-0.2, -0.15) is 5.26 Å². The highest BCUT2D eigenvalue weighted by Crippen LogP contribution is 2.22. The lowest BCUT2D eigenvalue weighted by atomic mass is 9.99. The molecule has 1 aromatic heterocycles. The first kappa shape index (κ1) is 12.8. The van der Waals surface area contributed by atoms with E-state index in [1.807, 2.05) is 0 Å². The molecule has 0 atom stereocenters. The van der Waals surface area contributed by atoms with Gasteiger partial charge in [0.2, 0.25) is 5.95 Å². The van der Waals surface area contributed by atoms with Crippen LogP contribution in [0.25, 0.3) is 0 Å². The number of rotatable bonds is 2. The average molecular weight is 244 g/mol. The zero-order chi connectivity index (χ0) is 13.1. The lowest BCUT2D eigenvalue weighted by Crippen LogP contribution is -2.34. The van der Waals surface area contributed by atoms with E-state index in [-0.39, 0.29) is 0 Å². The van der Waals surface area contributed by atoms with Crippen molar-refractivity contribution in [1.82, 2.24) is 9.97 Å². The molecule has 0 unspecified atom stereocenters. The Balaban J connectivity index is 2.27. The van der Waals surface area contributed by atoms with Crippen molar-refractivity contribution in [2.24, 2.45) is 5.92 Å². The van der Waals surface area contributed by atoms with Crippen molar-refractivity contribution in [3.05, 3.63) is 17.5 Å². The number of hydrogen-bond donors (Lipinski definition) is 0. The van der Waals surface area contributed by atoms with Gasteiger partial charge in [-0.3, -0.25) is 0 Å². The molecular formula is C14H20N4. The Bertz CT molecular complexity index is 453. The van der Waals surface area contributed by atoms with Crippen LogP contribution in [0, 0.1) is 17.2 Å². The maximum absolute atomic E-state index is 9.05. The zero-order valence-corrected chi connectivity index (χ0v) is 11.3. The molecule has 2 heterocycles. The number of hydrogen-bond acceptors (Lipinski definition) is 4. The highest BCUT2D eigenvalue weighted by molar-refractivity contribution is 5.37. The molecule has 0 N–H and O–H groups in total. The average Bonchev–Trinajstić information content (AvgIpc) is 2.39. The molecule has 1 saturated heterocycles. The molecule has 0 aliphatic carbocycles. The summed E-state index contributed by atoms with van der Waals surface area (Å²) in [6, 6.07) is 3.93. The van der Waals surface area contributed by atoms with E-state index in [0.717, 1.165) is 30.6 Å². The summed E-state index contributed by atoms with van der Waals surface area (Å²) in [6.45, 7) is 8.45. The van der Waals surface area contributed by atoms with Crippen LogP contribution in [0.2, 0.25) is 0 Å². The predicted molar refractivity (Wildman–Crippen MR) is 71.4 cm³/mol. The van der Waals surface area contributed by atoms with E-state index in [1.54, 1.807) is 6.07 Å². The van der Waals surface area contributed by atoms with Crippen molar-refractivity contribution in [2.75, 3.05) is 18.0 Å². The molecule has 4 heteroatoms. The van der Waals surface area contributed by atoms with Gasteiger partial charge in [0.15, 0.2) is 0 Å². The van der Waals surface area contributed by atoms with E-state index < -0.39 is 0 Å². The van der Waals surface area contributed by atoms with Crippen molar-refractivity contribution < 1.29 is 0 Å². The third-order valence-electron chi connectivity index (χ3n) is 3.51. The molecule has 18 heavy (non-hydrogen) atoms. The summed E-state index contributed by atoms with van der Waals surface area (Å²) in [6.07, 6.45) is 2.36. The third kappa shape index (κ3) is 2.79. The van der Waals surface area contributed by atoms with Gasteiger partial charge < -0.3 is 4.90 Å². The van der Waals surface area contributed by atoms with E-state index in [9.17, 15) is 0 Å². The molecule has 0 saturated carbocycles.